The second kappa shape index (κ2) is 4.79. The number of ether oxygens (including phenoxy) is 1. The number of carbonyl (C=O) groups excluding carboxylic acids is 1. The average molecular weight is 241 g/mol. The maximum atomic E-state index is 12.8. The molecule has 92 valence electrons. The Morgan fingerprint density at radius 1 is 1.41 bits per heavy atom. The summed E-state index contributed by atoms with van der Waals surface area (Å²) >= 11 is 0. The van der Waals surface area contributed by atoms with Gasteiger partial charge in [0, 0.05) is 6.42 Å². The van der Waals surface area contributed by atoms with Gasteiger partial charge in [-0.2, -0.15) is 0 Å². The first-order valence-corrected chi connectivity index (χ1v) is 5.39. The van der Waals surface area contributed by atoms with E-state index in [0.29, 0.717) is 0 Å². The van der Waals surface area contributed by atoms with Crippen molar-refractivity contribution in [2.75, 3.05) is 6.54 Å². The van der Waals surface area contributed by atoms with E-state index >= 15 is 0 Å². The molecule has 1 aliphatic heterocycles. The third-order valence-electron chi connectivity index (χ3n) is 2.62. The van der Waals surface area contributed by atoms with E-state index in [1.54, 1.807) is 0 Å². The van der Waals surface area contributed by atoms with E-state index in [0.717, 1.165) is 5.56 Å². The molecular formula is C12H13F2NO2. The summed E-state index contributed by atoms with van der Waals surface area (Å²) in [6.07, 6.45) is -0.485. The molecule has 1 aromatic rings. The number of nitrogens with one attached hydrogen (secondary N) is 1. The molecule has 1 aromatic carbocycles. The minimum Gasteiger partial charge on any atom is -0.460 e. The molecule has 1 heterocycles. The second-order valence-corrected chi connectivity index (χ2v) is 4.09. The molecule has 1 aliphatic rings. The Kier molecular flexibility index (Phi) is 3.38. The quantitative estimate of drug-likeness (QED) is 0.819. The summed E-state index contributed by atoms with van der Waals surface area (Å²) in [7, 11) is 0. The van der Waals surface area contributed by atoms with Crippen LogP contribution < -0.4 is 5.32 Å². The van der Waals surface area contributed by atoms with Gasteiger partial charge in [-0.15, -0.1) is 0 Å². The second-order valence-electron chi connectivity index (χ2n) is 4.09. The number of esters is 1. The number of alkyl halides is 2. The van der Waals surface area contributed by atoms with Crippen LogP contribution in [0.15, 0.2) is 30.3 Å². The summed E-state index contributed by atoms with van der Waals surface area (Å²) in [5.74, 6) is -3.43. The van der Waals surface area contributed by atoms with Crippen molar-refractivity contribution in [3.05, 3.63) is 35.9 Å². The smallest absolute Gasteiger partial charge is 0.323 e. The predicted molar refractivity (Wildman–Crippen MR) is 57.6 cm³/mol. The van der Waals surface area contributed by atoms with Crippen molar-refractivity contribution >= 4 is 5.97 Å². The summed E-state index contributed by atoms with van der Waals surface area (Å²) in [5, 5.41) is 2.46. The lowest BCUT2D eigenvalue weighted by atomic mass is 10.2. The highest BCUT2D eigenvalue weighted by atomic mass is 19.3. The Bertz CT molecular complexity index is 395. The third kappa shape index (κ3) is 3.23. The highest BCUT2D eigenvalue weighted by Crippen LogP contribution is 2.25. The lowest BCUT2D eigenvalue weighted by Crippen LogP contribution is -2.32. The molecule has 0 amide bonds. The number of rotatable bonds is 3. The van der Waals surface area contributed by atoms with E-state index in [4.69, 9.17) is 4.74 Å². The van der Waals surface area contributed by atoms with Gasteiger partial charge in [0.1, 0.15) is 12.6 Å². The molecule has 0 aliphatic carbocycles. The van der Waals surface area contributed by atoms with Gasteiger partial charge in [0.15, 0.2) is 0 Å². The first-order valence-electron chi connectivity index (χ1n) is 5.39. The van der Waals surface area contributed by atoms with Crippen molar-refractivity contribution in [3.63, 3.8) is 0 Å². The van der Waals surface area contributed by atoms with Crippen LogP contribution >= 0.6 is 0 Å². The number of carbonyl (C=O) groups is 1. The van der Waals surface area contributed by atoms with Crippen LogP contribution in [-0.4, -0.2) is 24.5 Å². The van der Waals surface area contributed by atoms with Crippen LogP contribution in [0.4, 0.5) is 8.78 Å². The lowest BCUT2D eigenvalue weighted by molar-refractivity contribution is -0.147. The third-order valence-corrected chi connectivity index (χ3v) is 2.62. The highest BCUT2D eigenvalue weighted by Gasteiger charge is 2.43. The minimum atomic E-state index is -2.81. The highest BCUT2D eigenvalue weighted by molar-refractivity contribution is 5.76. The van der Waals surface area contributed by atoms with Crippen LogP contribution in [0.3, 0.4) is 0 Å². The van der Waals surface area contributed by atoms with Gasteiger partial charge in [-0.25, -0.2) is 8.78 Å². The first-order chi connectivity index (χ1) is 8.07. The van der Waals surface area contributed by atoms with Gasteiger partial charge in [-0.05, 0) is 5.56 Å². The number of hydrogen-bond acceptors (Lipinski definition) is 3. The van der Waals surface area contributed by atoms with E-state index < -0.39 is 30.9 Å². The Morgan fingerprint density at radius 2 is 2.12 bits per heavy atom. The van der Waals surface area contributed by atoms with Crippen molar-refractivity contribution in [2.45, 2.75) is 25.0 Å². The monoisotopic (exact) mass is 241 g/mol. The molecule has 1 fully saturated rings. The number of benzene rings is 1. The average Bonchev–Trinajstić information content (AvgIpc) is 2.68. The molecule has 0 spiro atoms. The SMILES string of the molecule is O=C(OCc1ccccc1)[C@@H]1CC(F)(F)CN1. The maximum Gasteiger partial charge on any atom is 0.323 e. The minimum absolute atomic E-state index is 0.115. The number of halogens is 2. The van der Waals surface area contributed by atoms with Gasteiger partial charge >= 0.3 is 5.97 Å². The zero-order valence-corrected chi connectivity index (χ0v) is 9.16. The molecular weight excluding hydrogens is 228 g/mol. The van der Waals surface area contributed by atoms with E-state index in [2.05, 4.69) is 5.32 Å². The Hall–Kier alpha value is -1.49. The summed E-state index contributed by atoms with van der Waals surface area (Å²) in [4.78, 5) is 11.5. The molecule has 0 radical (unpaired) electrons. The van der Waals surface area contributed by atoms with Gasteiger partial charge in [-0.1, -0.05) is 30.3 Å². The fourth-order valence-electron chi connectivity index (χ4n) is 1.71. The summed E-state index contributed by atoms with van der Waals surface area (Å²) in [6.45, 7) is -0.346. The van der Waals surface area contributed by atoms with Gasteiger partial charge in [0.05, 0.1) is 6.54 Å². The first kappa shape index (κ1) is 12.0. The number of hydrogen-bond donors (Lipinski definition) is 1. The van der Waals surface area contributed by atoms with Crippen LogP contribution in [0.1, 0.15) is 12.0 Å². The fourth-order valence-corrected chi connectivity index (χ4v) is 1.71. The van der Waals surface area contributed by atoms with Crippen molar-refractivity contribution in [3.8, 4) is 0 Å². The molecule has 1 N–H and O–H groups in total. The molecule has 17 heavy (non-hydrogen) atoms. The van der Waals surface area contributed by atoms with Crippen molar-refractivity contribution in [2.24, 2.45) is 0 Å². The molecule has 0 saturated carbocycles. The normalized spacial score (nSPS) is 22.4. The summed E-state index contributed by atoms with van der Waals surface area (Å²) < 4.78 is 30.7. The van der Waals surface area contributed by atoms with Gasteiger partial charge < -0.3 is 4.74 Å². The van der Waals surface area contributed by atoms with Gasteiger partial charge in [0.2, 0.25) is 0 Å². The van der Waals surface area contributed by atoms with E-state index in [1.165, 1.54) is 0 Å². The predicted octanol–water partition coefficient (Wildman–Crippen LogP) is 1.73. The largest absolute Gasteiger partial charge is 0.460 e. The molecule has 0 bridgehead atoms. The zero-order chi connectivity index (χ0) is 12.3. The van der Waals surface area contributed by atoms with E-state index in [1.807, 2.05) is 30.3 Å². The Morgan fingerprint density at radius 3 is 2.71 bits per heavy atom. The molecule has 1 atom stereocenters. The molecule has 0 unspecified atom stereocenters. The standard InChI is InChI=1S/C12H13F2NO2/c13-12(14)6-10(15-8-12)11(16)17-7-9-4-2-1-3-5-9/h1-5,10,15H,6-8H2/t10-/m0/s1. The molecule has 5 heteroatoms. The van der Waals surface area contributed by atoms with E-state index in [9.17, 15) is 13.6 Å². The van der Waals surface area contributed by atoms with Crippen LogP contribution in [-0.2, 0) is 16.1 Å². The van der Waals surface area contributed by atoms with Crippen LogP contribution in [0.25, 0.3) is 0 Å². The maximum absolute atomic E-state index is 12.8. The molecule has 1 saturated heterocycles. The lowest BCUT2D eigenvalue weighted by Gasteiger charge is -2.10. The van der Waals surface area contributed by atoms with Crippen molar-refractivity contribution < 1.29 is 18.3 Å². The molecule has 2 rings (SSSR count). The Balaban J connectivity index is 1.83. The van der Waals surface area contributed by atoms with Crippen LogP contribution in [0.5, 0.6) is 0 Å². The summed E-state index contributed by atoms with van der Waals surface area (Å²) in [6, 6.07) is 8.22. The van der Waals surface area contributed by atoms with Crippen LogP contribution in [0.2, 0.25) is 0 Å². The van der Waals surface area contributed by atoms with E-state index in [-0.39, 0.29) is 6.61 Å². The van der Waals surface area contributed by atoms with Crippen molar-refractivity contribution in [1.82, 2.24) is 5.32 Å². The van der Waals surface area contributed by atoms with Gasteiger partial charge in [0.25, 0.3) is 5.92 Å². The summed E-state index contributed by atoms with van der Waals surface area (Å²) in [5.41, 5.74) is 0.839. The Labute approximate surface area is 97.8 Å². The zero-order valence-electron chi connectivity index (χ0n) is 9.16. The molecule has 3 nitrogen and oxygen atoms in total. The topological polar surface area (TPSA) is 38.3 Å². The molecule has 0 aromatic heterocycles. The van der Waals surface area contributed by atoms with Gasteiger partial charge in [-0.3, -0.25) is 10.1 Å². The fraction of sp³-hybridized carbons (Fsp3) is 0.417. The van der Waals surface area contributed by atoms with Crippen LogP contribution in [0, 0.1) is 0 Å². The van der Waals surface area contributed by atoms with Crippen molar-refractivity contribution in [1.29, 1.82) is 0 Å².